The maximum absolute atomic E-state index is 11.8. The molecule has 88 valence electrons. The monoisotopic (exact) mass is 234 g/mol. The van der Waals surface area contributed by atoms with Crippen LogP contribution in [0.25, 0.3) is 11.2 Å². The van der Waals surface area contributed by atoms with Crippen molar-refractivity contribution < 1.29 is 9.90 Å². The van der Waals surface area contributed by atoms with Gasteiger partial charge in [0.25, 0.3) is 0 Å². The van der Waals surface area contributed by atoms with E-state index in [1.54, 1.807) is 0 Å². The van der Waals surface area contributed by atoms with Gasteiger partial charge in [-0.25, -0.2) is 9.97 Å². The highest BCUT2D eigenvalue weighted by Crippen LogP contribution is 2.26. The predicted molar refractivity (Wildman–Crippen MR) is 57.0 cm³/mol. The van der Waals surface area contributed by atoms with Gasteiger partial charge in [-0.3, -0.25) is 9.69 Å². The van der Waals surface area contributed by atoms with Crippen LogP contribution in [-0.2, 0) is 4.79 Å². The molecule has 8 heteroatoms. The largest absolute Gasteiger partial charge is 0.396 e. The zero-order valence-corrected chi connectivity index (χ0v) is 8.87. The van der Waals surface area contributed by atoms with E-state index in [1.807, 2.05) is 0 Å². The fourth-order valence-corrected chi connectivity index (χ4v) is 1.97. The number of nitrogens with one attached hydrogen (secondary N) is 1. The normalized spacial score (nSPS) is 20.4. The minimum Gasteiger partial charge on any atom is -0.396 e. The molecule has 1 fully saturated rings. The summed E-state index contributed by atoms with van der Waals surface area (Å²) in [5.74, 6) is 0.344. The van der Waals surface area contributed by atoms with Crippen LogP contribution in [0, 0.1) is 5.92 Å². The second-order valence-electron chi connectivity index (χ2n) is 3.95. The molecule has 0 aromatic carbocycles. The van der Waals surface area contributed by atoms with Crippen molar-refractivity contribution in [3.05, 3.63) is 6.33 Å². The van der Waals surface area contributed by atoms with Crippen molar-refractivity contribution in [2.24, 2.45) is 5.92 Å². The molecule has 1 aliphatic rings. The maximum Gasteiger partial charge on any atom is 0.228 e. The van der Waals surface area contributed by atoms with Gasteiger partial charge in [0.05, 0.1) is 0 Å². The fourth-order valence-electron chi connectivity index (χ4n) is 1.97. The van der Waals surface area contributed by atoms with Gasteiger partial charge in [-0.15, -0.1) is 5.10 Å². The molecule has 8 nitrogen and oxygen atoms in total. The van der Waals surface area contributed by atoms with Gasteiger partial charge in [0, 0.05) is 25.5 Å². The van der Waals surface area contributed by atoms with Crippen molar-refractivity contribution >= 4 is 22.9 Å². The Kier molecular flexibility index (Phi) is 2.22. The third-order valence-corrected chi connectivity index (χ3v) is 2.82. The Labute approximate surface area is 95.7 Å². The Bertz CT molecular complexity index is 567. The molecule has 0 bridgehead atoms. The van der Waals surface area contributed by atoms with E-state index in [-0.39, 0.29) is 18.4 Å². The summed E-state index contributed by atoms with van der Waals surface area (Å²) in [6.07, 6.45) is 1.68. The number of H-pyrrole nitrogens is 1. The van der Waals surface area contributed by atoms with Crippen LogP contribution in [0.4, 0.5) is 5.82 Å². The lowest BCUT2D eigenvalue weighted by Gasteiger charge is -2.14. The summed E-state index contributed by atoms with van der Waals surface area (Å²) in [5, 5.41) is 19.3. The highest BCUT2D eigenvalue weighted by molar-refractivity contribution is 6.00. The Hall–Kier alpha value is -2.09. The van der Waals surface area contributed by atoms with E-state index in [4.69, 9.17) is 5.11 Å². The summed E-state index contributed by atoms with van der Waals surface area (Å²) in [6, 6.07) is 0. The number of fused-ring (bicyclic) bond motifs is 1. The van der Waals surface area contributed by atoms with Gasteiger partial charge in [-0.05, 0) is 0 Å². The van der Waals surface area contributed by atoms with Crippen LogP contribution >= 0.6 is 0 Å². The van der Waals surface area contributed by atoms with Crippen LogP contribution in [-0.4, -0.2) is 49.5 Å². The second-order valence-corrected chi connectivity index (χ2v) is 3.95. The van der Waals surface area contributed by atoms with Gasteiger partial charge in [-0.1, -0.05) is 0 Å². The smallest absolute Gasteiger partial charge is 0.228 e. The third-order valence-electron chi connectivity index (χ3n) is 2.82. The molecule has 2 aromatic rings. The molecular formula is C9H10N6O2. The molecule has 1 amide bonds. The molecule has 1 saturated heterocycles. The zero-order chi connectivity index (χ0) is 11.8. The molecule has 0 aliphatic carbocycles. The third kappa shape index (κ3) is 1.53. The van der Waals surface area contributed by atoms with Crippen LogP contribution in [0.2, 0.25) is 0 Å². The van der Waals surface area contributed by atoms with Gasteiger partial charge in [0.1, 0.15) is 6.33 Å². The number of aromatic nitrogens is 5. The Morgan fingerprint density at radius 1 is 1.47 bits per heavy atom. The van der Waals surface area contributed by atoms with Crippen LogP contribution < -0.4 is 4.90 Å². The number of carbonyl (C=O) groups excluding carboxylic acids is 1. The minimum atomic E-state index is -0.0629. The molecule has 1 aliphatic heterocycles. The number of anilines is 1. The van der Waals surface area contributed by atoms with Crippen molar-refractivity contribution in [1.29, 1.82) is 0 Å². The molecule has 1 unspecified atom stereocenters. The Balaban J connectivity index is 2.04. The number of aromatic amines is 1. The molecule has 2 N–H and O–H groups in total. The fraction of sp³-hybridized carbons (Fsp3) is 0.444. The molecular weight excluding hydrogens is 224 g/mol. The summed E-state index contributed by atoms with van der Waals surface area (Å²) < 4.78 is 0. The summed E-state index contributed by atoms with van der Waals surface area (Å²) in [5.41, 5.74) is 0.898. The van der Waals surface area contributed by atoms with Gasteiger partial charge in [-0.2, -0.15) is 10.3 Å². The molecule has 0 saturated carbocycles. The zero-order valence-electron chi connectivity index (χ0n) is 8.87. The first-order valence-electron chi connectivity index (χ1n) is 5.22. The predicted octanol–water partition coefficient (Wildman–Crippen LogP) is -0.907. The number of carbonyl (C=O) groups is 1. The lowest BCUT2D eigenvalue weighted by atomic mass is 10.1. The van der Waals surface area contributed by atoms with Crippen molar-refractivity contribution in [2.45, 2.75) is 6.42 Å². The Morgan fingerprint density at radius 3 is 3.12 bits per heavy atom. The molecule has 0 spiro atoms. The summed E-state index contributed by atoms with van der Waals surface area (Å²) in [7, 11) is 0. The summed E-state index contributed by atoms with van der Waals surface area (Å²) in [6.45, 7) is 0.448. The van der Waals surface area contributed by atoms with E-state index in [9.17, 15) is 4.79 Å². The van der Waals surface area contributed by atoms with E-state index < -0.39 is 0 Å². The highest BCUT2D eigenvalue weighted by Gasteiger charge is 2.32. The molecule has 17 heavy (non-hydrogen) atoms. The minimum absolute atomic E-state index is 0.00468. The number of nitrogens with zero attached hydrogens (tertiary/aromatic N) is 5. The van der Waals surface area contributed by atoms with E-state index >= 15 is 0 Å². The summed E-state index contributed by atoms with van der Waals surface area (Å²) in [4.78, 5) is 21.3. The molecule has 3 heterocycles. The van der Waals surface area contributed by atoms with Crippen LogP contribution in [0.3, 0.4) is 0 Å². The number of amides is 1. The molecule has 1 atom stereocenters. The first kappa shape index (κ1) is 10.1. The van der Waals surface area contributed by atoms with E-state index in [1.165, 1.54) is 11.2 Å². The van der Waals surface area contributed by atoms with Crippen LogP contribution in [0.5, 0.6) is 0 Å². The number of rotatable bonds is 2. The van der Waals surface area contributed by atoms with Gasteiger partial charge < -0.3 is 5.11 Å². The number of aliphatic hydroxyl groups is 1. The van der Waals surface area contributed by atoms with Crippen molar-refractivity contribution in [2.75, 3.05) is 18.1 Å². The Morgan fingerprint density at radius 2 is 2.35 bits per heavy atom. The van der Waals surface area contributed by atoms with Gasteiger partial charge in [0.2, 0.25) is 11.6 Å². The lowest BCUT2D eigenvalue weighted by Crippen LogP contribution is -2.26. The van der Waals surface area contributed by atoms with Crippen molar-refractivity contribution in [1.82, 2.24) is 25.4 Å². The quantitative estimate of drug-likeness (QED) is 0.696. The second kappa shape index (κ2) is 3.74. The first-order chi connectivity index (χ1) is 8.29. The van der Waals surface area contributed by atoms with E-state index in [0.717, 1.165) is 0 Å². The van der Waals surface area contributed by atoms with Crippen molar-refractivity contribution in [3.8, 4) is 0 Å². The van der Waals surface area contributed by atoms with Gasteiger partial charge >= 0.3 is 0 Å². The molecule has 3 rings (SSSR count). The number of hydrogen-bond acceptors (Lipinski definition) is 6. The number of hydrogen-bond donors (Lipinski definition) is 2. The first-order valence-corrected chi connectivity index (χ1v) is 5.22. The van der Waals surface area contributed by atoms with E-state index in [2.05, 4.69) is 25.4 Å². The van der Waals surface area contributed by atoms with Crippen LogP contribution in [0.1, 0.15) is 6.42 Å². The topological polar surface area (TPSA) is 108 Å². The SMILES string of the molecule is O=C1CC(CO)CN1c1ncnc2n[nH]nc12. The molecule has 0 radical (unpaired) electrons. The maximum atomic E-state index is 11.8. The lowest BCUT2D eigenvalue weighted by molar-refractivity contribution is -0.117. The molecule has 2 aromatic heterocycles. The standard InChI is InChI=1S/C9H10N6O2/c16-3-5-1-6(17)15(2-5)9-7-8(10-4-11-9)13-14-12-7/h4-5,16H,1-3H2,(H,10,11,12,13,14). The summed E-state index contributed by atoms with van der Waals surface area (Å²) >= 11 is 0. The van der Waals surface area contributed by atoms with Gasteiger partial charge in [0.15, 0.2) is 11.3 Å². The van der Waals surface area contributed by atoms with E-state index in [0.29, 0.717) is 29.9 Å². The number of aliphatic hydroxyl groups excluding tert-OH is 1. The van der Waals surface area contributed by atoms with Crippen LogP contribution in [0.15, 0.2) is 6.33 Å². The highest BCUT2D eigenvalue weighted by atomic mass is 16.3. The average molecular weight is 234 g/mol. The average Bonchev–Trinajstić information content (AvgIpc) is 2.94. The van der Waals surface area contributed by atoms with Crippen molar-refractivity contribution in [3.63, 3.8) is 0 Å².